The molecule has 0 aliphatic carbocycles. The number of likely N-dealkylation sites (tertiary alicyclic amines) is 1. The first kappa shape index (κ1) is 23.4. The molecule has 2 aliphatic heterocycles. The molecule has 0 spiro atoms. The second-order valence-corrected chi connectivity index (χ2v) is 7.61. The number of halogens is 1. The Hall–Kier alpha value is -0.900. The molecule has 3 rings (SSSR count). The van der Waals surface area contributed by atoms with Gasteiger partial charge in [0.15, 0.2) is 5.96 Å². The zero-order valence-electron chi connectivity index (χ0n) is 16.8. The second-order valence-electron chi connectivity index (χ2n) is 7.61. The number of rotatable bonds is 7. The van der Waals surface area contributed by atoms with Gasteiger partial charge in [-0.2, -0.15) is 0 Å². The van der Waals surface area contributed by atoms with Gasteiger partial charge in [0.25, 0.3) is 0 Å². The summed E-state index contributed by atoms with van der Waals surface area (Å²) < 4.78 is 11.3. The summed E-state index contributed by atoms with van der Waals surface area (Å²) in [7, 11) is 0. The molecule has 2 heterocycles. The van der Waals surface area contributed by atoms with Gasteiger partial charge in [-0.1, -0.05) is 30.3 Å². The lowest BCUT2D eigenvalue weighted by molar-refractivity contribution is -0.0566. The van der Waals surface area contributed by atoms with Crippen molar-refractivity contribution in [3.8, 4) is 0 Å². The van der Waals surface area contributed by atoms with E-state index in [-0.39, 0.29) is 24.0 Å². The molecular weight excluding hydrogens is 469 g/mol. The number of benzene rings is 1. The standard InChI is InChI=1S/C21H33N3O3.HI/c1-2-22-20(23-17-21(25)9-12-26-13-10-21)24-11-8-19(14-24)16-27-15-18-6-4-3-5-7-18;/h3-7,19,25H,2,8-17H2,1H3,(H,22,23);1H. The molecule has 1 unspecified atom stereocenters. The number of guanidine groups is 1. The highest BCUT2D eigenvalue weighted by molar-refractivity contribution is 14.0. The van der Waals surface area contributed by atoms with E-state index in [4.69, 9.17) is 14.5 Å². The predicted octanol–water partition coefficient (Wildman–Crippen LogP) is 2.65. The number of aliphatic imine (C=N–C) groups is 1. The summed E-state index contributed by atoms with van der Waals surface area (Å²) in [6, 6.07) is 10.3. The fourth-order valence-corrected chi connectivity index (χ4v) is 3.64. The van der Waals surface area contributed by atoms with Crippen molar-refractivity contribution in [3.63, 3.8) is 0 Å². The SMILES string of the molecule is CCNC(=NCC1(O)CCOCC1)N1CCC(COCc2ccccc2)C1.I. The van der Waals surface area contributed by atoms with Crippen molar-refractivity contribution in [2.24, 2.45) is 10.9 Å². The molecule has 28 heavy (non-hydrogen) atoms. The minimum absolute atomic E-state index is 0. The maximum absolute atomic E-state index is 10.7. The van der Waals surface area contributed by atoms with Gasteiger partial charge in [-0.15, -0.1) is 24.0 Å². The molecular formula is C21H34IN3O3. The van der Waals surface area contributed by atoms with Crippen LogP contribution >= 0.6 is 24.0 Å². The Bertz CT molecular complexity index is 594. The molecule has 158 valence electrons. The third kappa shape index (κ3) is 7.17. The molecule has 2 saturated heterocycles. The van der Waals surface area contributed by atoms with Gasteiger partial charge in [0.05, 0.1) is 25.4 Å². The van der Waals surface area contributed by atoms with Crippen LogP contribution in [0, 0.1) is 5.92 Å². The van der Waals surface area contributed by atoms with Crippen LogP contribution in [0.4, 0.5) is 0 Å². The average Bonchev–Trinajstić information content (AvgIpc) is 3.15. The summed E-state index contributed by atoms with van der Waals surface area (Å²) in [5.74, 6) is 1.42. The van der Waals surface area contributed by atoms with Crippen molar-refractivity contribution in [2.45, 2.75) is 38.4 Å². The first-order chi connectivity index (χ1) is 13.2. The van der Waals surface area contributed by atoms with Crippen LogP contribution in [-0.4, -0.2) is 67.6 Å². The van der Waals surface area contributed by atoms with Gasteiger partial charge in [-0.05, 0) is 18.9 Å². The van der Waals surface area contributed by atoms with Crippen LogP contribution in [0.5, 0.6) is 0 Å². The Kier molecular flexibility index (Phi) is 9.98. The molecule has 6 nitrogen and oxygen atoms in total. The number of nitrogens with one attached hydrogen (secondary N) is 1. The van der Waals surface area contributed by atoms with E-state index in [0.29, 0.717) is 45.1 Å². The van der Waals surface area contributed by atoms with Crippen LogP contribution in [-0.2, 0) is 16.1 Å². The van der Waals surface area contributed by atoms with Gasteiger partial charge in [0.1, 0.15) is 0 Å². The molecule has 0 aromatic heterocycles. The lowest BCUT2D eigenvalue weighted by Gasteiger charge is -2.31. The summed E-state index contributed by atoms with van der Waals surface area (Å²) in [6.07, 6.45) is 2.43. The fourth-order valence-electron chi connectivity index (χ4n) is 3.64. The van der Waals surface area contributed by atoms with Crippen molar-refractivity contribution in [1.82, 2.24) is 10.2 Å². The largest absolute Gasteiger partial charge is 0.388 e. The molecule has 0 saturated carbocycles. The molecule has 2 fully saturated rings. The van der Waals surface area contributed by atoms with Gasteiger partial charge in [-0.25, -0.2) is 0 Å². The zero-order valence-corrected chi connectivity index (χ0v) is 19.1. The van der Waals surface area contributed by atoms with E-state index in [1.54, 1.807) is 0 Å². The molecule has 0 bridgehead atoms. The molecule has 1 aromatic carbocycles. The topological polar surface area (TPSA) is 66.3 Å². The zero-order chi connectivity index (χ0) is 19.0. The van der Waals surface area contributed by atoms with E-state index in [1.165, 1.54) is 5.56 Å². The third-order valence-electron chi connectivity index (χ3n) is 5.33. The Morgan fingerprint density at radius 2 is 2.07 bits per heavy atom. The van der Waals surface area contributed by atoms with Crippen molar-refractivity contribution < 1.29 is 14.6 Å². The van der Waals surface area contributed by atoms with E-state index >= 15 is 0 Å². The highest BCUT2D eigenvalue weighted by Gasteiger charge is 2.31. The van der Waals surface area contributed by atoms with Crippen molar-refractivity contribution in [2.75, 3.05) is 46.0 Å². The van der Waals surface area contributed by atoms with Crippen LogP contribution in [0.15, 0.2) is 35.3 Å². The van der Waals surface area contributed by atoms with Crippen LogP contribution in [0.2, 0.25) is 0 Å². The van der Waals surface area contributed by atoms with Gasteiger partial charge in [-0.3, -0.25) is 4.99 Å². The molecule has 0 radical (unpaired) electrons. The Labute approximate surface area is 185 Å². The monoisotopic (exact) mass is 503 g/mol. The summed E-state index contributed by atoms with van der Waals surface area (Å²) in [4.78, 5) is 7.03. The summed E-state index contributed by atoms with van der Waals surface area (Å²) in [6.45, 7) is 7.94. The van der Waals surface area contributed by atoms with Crippen molar-refractivity contribution >= 4 is 29.9 Å². The minimum atomic E-state index is -0.725. The highest BCUT2D eigenvalue weighted by atomic mass is 127. The Morgan fingerprint density at radius 3 is 2.79 bits per heavy atom. The Morgan fingerprint density at radius 1 is 1.32 bits per heavy atom. The maximum atomic E-state index is 10.7. The average molecular weight is 503 g/mol. The van der Waals surface area contributed by atoms with Crippen molar-refractivity contribution in [3.05, 3.63) is 35.9 Å². The van der Waals surface area contributed by atoms with Gasteiger partial charge in [0, 0.05) is 51.6 Å². The van der Waals surface area contributed by atoms with Crippen LogP contribution < -0.4 is 5.32 Å². The molecule has 1 atom stereocenters. The predicted molar refractivity (Wildman–Crippen MR) is 122 cm³/mol. The molecule has 1 aromatic rings. The first-order valence-electron chi connectivity index (χ1n) is 10.1. The lowest BCUT2D eigenvalue weighted by Crippen LogP contribution is -2.43. The summed E-state index contributed by atoms with van der Waals surface area (Å²) in [5.41, 5.74) is 0.489. The van der Waals surface area contributed by atoms with Crippen LogP contribution in [0.25, 0.3) is 0 Å². The number of hydrogen-bond donors (Lipinski definition) is 2. The van der Waals surface area contributed by atoms with E-state index < -0.39 is 5.60 Å². The van der Waals surface area contributed by atoms with E-state index in [9.17, 15) is 5.11 Å². The number of nitrogens with zero attached hydrogens (tertiary/aromatic N) is 2. The minimum Gasteiger partial charge on any atom is -0.388 e. The normalized spacial score (nSPS) is 22.0. The first-order valence-corrected chi connectivity index (χ1v) is 10.1. The Balaban J connectivity index is 0.00000280. The van der Waals surface area contributed by atoms with Crippen molar-refractivity contribution in [1.29, 1.82) is 0 Å². The number of ether oxygens (including phenoxy) is 2. The fraction of sp³-hybridized carbons (Fsp3) is 0.667. The number of hydrogen-bond acceptors (Lipinski definition) is 4. The summed E-state index contributed by atoms with van der Waals surface area (Å²) in [5, 5.41) is 14.0. The molecule has 2 N–H and O–H groups in total. The van der Waals surface area contributed by atoms with E-state index in [0.717, 1.165) is 38.6 Å². The van der Waals surface area contributed by atoms with Crippen LogP contribution in [0.3, 0.4) is 0 Å². The smallest absolute Gasteiger partial charge is 0.194 e. The van der Waals surface area contributed by atoms with E-state index in [1.807, 2.05) is 18.2 Å². The maximum Gasteiger partial charge on any atom is 0.194 e. The third-order valence-corrected chi connectivity index (χ3v) is 5.33. The quantitative estimate of drug-likeness (QED) is 0.341. The molecule has 2 aliphatic rings. The molecule has 0 amide bonds. The lowest BCUT2D eigenvalue weighted by atomic mass is 9.95. The number of aliphatic hydroxyl groups is 1. The second kappa shape index (κ2) is 11.9. The van der Waals surface area contributed by atoms with Gasteiger partial charge < -0.3 is 24.8 Å². The van der Waals surface area contributed by atoms with Gasteiger partial charge >= 0.3 is 0 Å². The van der Waals surface area contributed by atoms with Gasteiger partial charge in [0.2, 0.25) is 0 Å². The van der Waals surface area contributed by atoms with Crippen LogP contribution in [0.1, 0.15) is 31.7 Å². The summed E-state index contributed by atoms with van der Waals surface area (Å²) >= 11 is 0. The molecule has 7 heteroatoms. The highest BCUT2D eigenvalue weighted by Crippen LogP contribution is 2.22. The van der Waals surface area contributed by atoms with E-state index in [2.05, 4.69) is 29.3 Å².